The molecule has 4 rings (SSSR count). The van der Waals surface area contributed by atoms with Gasteiger partial charge in [-0.15, -0.1) is 0 Å². The SMILES string of the molecule is CC(C)(c1cccc(-c2ccn[n-]2)n1)c1cccc(-c2ccn[n-]2)n1.[Pt+2]. The van der Waals surface area contributed by atoms with E-state index in [1.807, 2.05) is 48.5 Å². The Labute approximate surface area is 165 Å². The van der Waals surface area contributed by atoms with Crippen molar-refractivity contribution in [1.29, 1.82) is 0 Å². The molecule has 0 saturated heterocycles. The third-order valence-corrected chi connectivity index (χ3v) is 4.23. The molecule has 0 amide bonds. The topological polar surface area (TPSA) is 79.8 Å². The molecule has 132 valence electrons. The van der Waals surface area contributed by atoms with Gasteiger partial charge < -0.3 is 20.4 Å². The fourth-order valence-electron chi connectivity index (χ4n) is 2.72. The fraction of sp³-hybridized carbons (Fsp3) is 0.158. The second kappa shape index (κ2) is 7.34. The molecule has 0 N–H and O–H groups in total. The summed E-state index contributed by atoms with van der Waals surface area (Å²) in [7, 11) is 0. The molecule has 26 heavy (non-hydrogen) atoms. The molecule has 7 heteroatoms. The van der Waals surface area contributed by atoms with Crippen LogP contribution >= 0.6 is 0 Å². The monoisotopic (exact) mass is 523 g/mol. The number of rotatable bonds is 4. The van der Waals surface area contributed by atoms with Crippen LogP contribution in [0.1, 0.15) is 25.2 Å². The van der Waals surface area contributed by atoms with Gasteiger partial charge in [-0.05, 0) is 38.1 Å². The molecule has 4 aromatic heterocycles. The quantitative estimate of drug-likeness (QED) is 0.410. The molecular formula is C19H16N6Pt. The van der Waals surface area contributed by atoms with Crippen molar-refractivity contribution in [2.45, 2.75) is 19.3 Å². The predicted octanol–water partition coefficient (Wildman–Crippen LogP) is 2.84. The van der Waals surface area contributed by atoms with Crippen LogP contribution in [0.4, 0.5) is 0 Å². The van der Waals surface area contributed by atoms with Crippen molar-refractivity contribution in [3.63, 3.8) is 0 Å². The van der Waals surface area contributed by atoms with Gasteiger partial charge in [-0.2, -0.15) is 0 Å². The van der Waals surface area contributed by atoms with Crippen LogP contribution in [0.5, 0.6) is 0 Å². The van der Waals surface area contributed by atoms with Crippen molar-refractivity contribution in [2.75, 3.05) is 0 Å². The standard InChI is InChI=1S/C19H16N6.Pt/c1-19(2,17-7-3-5-13(22-17)15-9-11-20-24-15)18-8-4-6-14(23-18)16-10-12-21-25-16;/h3-12H,1-2H3;/q-2;+2. The average Bonchev–Trinajstić information content (AvgIpc) is 3.36. The molecule has 0 spiro atoms. The Morgan fingerprint density at radius 1 is 0.692 bits per heavy atom. The van der Waals surface area contributed by atoms with Crippen molar-refractivity contribution in [3.8, 4) is 22.8 Å². The Kier molecular flexibility index (Phi) is 5.14. The number of hydrogen-bond acceptors (Lipinski definition) is 4. The third kappa shape index (κ3) is 3.37. The third-order valence-electron chi connectivity index (χ3n) is 4.23. The Balaban J connectivity index is 0.00000196. The second-order valence-electron chi connectivity index (χ2n) is 6.27. The van der Waals surface area contributed by atoms with Gasteiger partial charge in [0, 0.05) is 29.2 Å². The molecule has 0 atom stereocenters. The van der Waals surface area contributed by atoms with Crippen LogP contribution in [0.2, 0.25) is 0 Å². The first-order valence-electron chi connectivity index (χ1n) is 7.99. The van der Waals surface area contributed by atoms with Crippen LogP contribution in [0.3, 0.4) is 0 Å². The van der Waals surface area contributed by atoms with Gasteiger partial charge in [-0.1, -0.05) is 35.7 Å². The smallest absolute Gasteiger partial charge is 0.574 e. The first-order chi connectivity index (χ1) is 12.1. The van der Waals surface area contributed by atoms with Crippen LogP contribution in [-0.4, -0.2) is 20.2 Å². The van der Waals surface area contributed by atoms with Crippen LogP contribution in [0.25, 0.3) is 22.8 Å². The molecule has 0 fully saturated rings. The largest absolute Gasteiger partial charge is 2.00 e. The summed E-state index contributed by atoms with van der Waals surface area (Å²) in [5, 5.41) is 15.9. The van der Waals surface area contributed by atoms with E-state index in [-0.39, 0.29) is 26.5 Å². The summed E-state index contributed by atoms with van der Waals surface area (Å²) in [6, 6.07) is 15.6. The molecular weight excluding hydrogens is 507 g/mol. The van der Waals surface area contributed by atoms with Gasteiger partial charge in [0.05, 0.1) is 11.4 Å². The predicted molar refractivity (Wildman–Crippen MR) is 93.7 cm³/mol. The zero-order valence-corrected chi connectivity index (χ0v) is 16.5. The van der Waals surface area contributed by atoms with E-state index in [4.69, 9.17) is 9.97 Å². The molecule has 0 aromatic carbocycles. The molecule has 4 aromatic rings. The van der Waals surface area contributed by atoms with Crippen LogP contribution < -0.4 is 10.2 Å². The summed E-state index contributed by atoms with van der Waals surface area (Å²) in [5.41, 5.74) is 4.63. The van der Waals surface area contributed by atoms with E-state index in [1.165, 1.54) is 0 Å². The number of pyridine rings is 2. The maximum atomic E-state index is 4.79. The van der Waals surface area contributed by atoms with Crippen LogP contribution in [0.15, 0.2) is 60.9 Å². The van der Waals surface area contributed by atoms with Crippen LogP contribution in [-0.2, 0) is 26.5 Å². The van der Waals surface area contributed by atoms with E-state index in [0.717, 1.165) is 34.2 Å². The van der Waals surface area contributed by atoms with Gasteiger partial charge in [0.1, 0.15) is 0 Å². The molecule has 0 saturated carbocycles. The summed E-state index contributed by atoms with van der Waals surface area (Å²) >= 11 is 0. The van der Waals surface area contributed by atoms with Crippen molar-refractivity contribution >= 4 is 0 Å². The number of nitrogens with zero attached hydrogens (tertiary/aromatic N) is 6. The molecule has 0 radical (unpaired) electrons. The van der Waals surface area contributed by atoms with Crippen molar-refractivity contribution in [3.05, 3.63) is 72.3 Å². The number of aromatic nitrogens is 6. The summed E-state index contributed by atoms with van der Waals surface area (Å²) in [6.45, 7) is 4.22. The second-order valence-corrected chi connectivity index (χ2v) is 6.27. The Bertz CT molecular complexity index is 897. The molecule has 0 unspecified atom stereocenters. The molecule has 0 aliphatic carbocycles. The Morgan fingerprint density at radius 3 is 1.54 bits per heavy atom. The molecule has 6 nitrogen and oxygen atoms in total. The fourth-order valence-corrected chi connectivity index (χ4v) is 2.72. The minimum absolute atomic E-state index is 0. The first-order valence-corrected chi connectivity index (χ1v) is 7.99. The maximum absolute atomic E-state index is 4.79. The maximum Gasteiger partial charge on any atom is 2.00 e. The average molecular weight is 523 g/mol. The van der Waals surface area contributed by atoms with E-state index < -0.39 is 0 Å². The van der Waals surface area contributed by atoms with E-state index in [2.05, 4.69) is 34.2 Å². The van der Waals surface area contributed by atoms with Crippen molar-refractivity contribution < 1.29 is 21.1 Å². The zero-order valence-electron chi connectivity index (χ0n) is 14.3. The van der Waals surface area contributed by atoms with Gasteiger partial charge in [0.2, 0.25) is 0 Å². The van der Waals surface area contributed by atoms with Gasteiger partial charge in [-0.3, -0.25) is 9.97 Å². The Hall–Kier alpha value is -2.59. The summed E-state index contributed by atoms with van der Waals surface area (Å²) in [5.74, 6) is 0. The summed E-state index contributed by atoms with van der Waals surface area (Å²) in [4.78, 5) is 9.57. The van der Waals surface area contributed by atoms with Crippen molar-refractivity contribution in [2.24, 2.45) is 0 Å². The van der Waals surface area contributed by atoms with E-state index >= 15 is 0 Å². The van der Waals surface area contributed by atoms with Gasteiger partial charge in [-0.25, -0.2) is 0 Å². The zero-order chi connectivity index (χ0) is 17.3. The van der Waals surface area contributed by atoms with E-state index in [0.29, 0.717) is 0 Å². The summed E-state index contributed by atoms with van der Waals surface area (Å²) < 4.78 is 0. The van der Waals surface area contributed by atoms with Crippen LogP contribution in [0, 0.1) is 0 Å². The first kappa shape index (κ1) is 18.2. The van der Waals surface area contributed by atoms with Gasteiger partial charge >= 0.3 is 21.1 Å². The van der Waals surface area contributed by atoms with E-state index in [1.54, 1.807) is 12.4 Å². The van der Waals surface area contributed by atoms with Gasteiger partial charge in [0.25, 0.3) is 0 Å². The summed E-state index contributed by atoms with van der Waals surface area (Å²) in [6.07, 6.45) is 3.33. The van der Waals surface area contributed by atoms with Crippen molar-refractivity contribution in [1.82, 2.24) is 30.4 Å². The molecule has 0 aliphatic rings. The Morgan fingerprint density at radius 2 is 1.15 bits per heavy atom. The molecule has 0 bridgehead atoms. The molecule has 0 aliphatic heterocycles. The molecule has 4 heterocycles. The van der Waals surface area contributed by atoms with Gasteiger partial charge in [0.15, 0.2) is 0 Å². The normalized spacial score (nSPS) is 11.2. The minimum Gasteiger partial charge on any atom is -0.574 e. The van der Waals surface area contributed by atoms with E-state index in [9.17, 15) is 0 Å². The number of hydrogen-bond donors (Lipinski definition) is 0. The minimum atomic E-state index is -0.369.